The van der Waals surface area contributed by atoms with Gasteiger partial charge in [-0.15, -0.1) is 0 Å². The van der Waals surface area contributed by atoms with Gasteiger partial charge in [-0.2, -0.15) is 13.2 Å². The fourth-order valence-electron chi connectivity index (χ4n) is 1.51. The van der Waals surface area contributed by atoms with Crippen LogP contribution in [0.1, 0.15) is 24.8 Å². The first-order valence-electron chi connectivity index (χ1n) is 6.44. The van der Waals surface area contributed by atoms with E-state index in [0.29, 0.717) is 12.8 Å². The number of aliphatic carboxylic acids is 1. The van der Waals surface area contributed by atoms with E-state index in [9.17, 15) is 27.9 Å². The van der Waals surface area contributed by atoms with Crippen LogP contribution in [-0.2, 0) is 20.5 Å². The van der Waals surface area contributed by atoms with Crippen LogP contribution < -0.4 is 9.84 Å². The zero-order chi connectivity index (χ0) is 16.6. The highest BCUT2D eigenvalue weighted by molar-refractivity contribution is 5.88. The van der Waals surface area contributed by atoms with Gasteiger partial charge in [-0.1, -0.05) is 6.07 Å². The Morgan fingerprint density at radius 1 is 1.14 bits per heavy atom. The van der Waals surface area contributed by atoms with Crippen LogP contribution in [0.3, 0.4) is 0 Å². The van der Waals surface area contributed by atoms with E-state index in [2.05, 4.69) is 4.74 Å². The lowest BCUT2D eigenvalue weighted by molar-refractivity contribution is -0.305. The number of carbonyl (C=O) groups excluding carboxylic acids is 2. The van der Waals surface area contributed by atoms with Gasteiger partial charge >= 0.3 is 12.1 Å². The van der Waals surface area contributed by atoms with E-state index in [-0.39, 0.29) is 19.0 Å². The molecular weight excluding hydrogens is 305 g/mol. The molecule has 5 nitrogen and oxygen atoms in total. The van der Waals surface area contributed by atoms with Crippen molar-refractivity contribution in [1.29, 1.82) is 0 Å². The molecule has 1 rings (SSSR count). The Morgan fingerprint density at radius 2 is 1.82 bits per heavy atom. The SMILES string of the molecule is O=C([O-])CC(=O)OCCCCOc1cccc(C(F)(F)F)c1. The minimum atomic E-state index is -4.42. The van der Waals surface area contributed by atoms with Crippen LogP contribution in [0.15, 0.2) is 24.3 Å². The lowest BCUT2D eigenvalue weighted by Crippen LogP contribution is -2.26. The first kappa shape index (κ1) is 17.8. The third kappa shape index (κ3) is 6.96. The van der Waals surface area contributed by atoms with Crippen molar-refractivity contribution in [3.63, 3.8) is 0 Å². The summed E-state index contributed by atoms with van der Waals surface area (Å²) in [5.41, 5.74) is -0.791. The van der Waals surface area contributed by atoms with E-state index < -0.39 is 30.1 Å². The van der Waals surface area contributed by atoms with E-state index in [1.807, 2.05) is 0 Å². The smallest absolute Gasteiger partial charge is 0.416 e. The molecule has 22 heavy (non-hydrogen) atoms. The summed E-state index contributed by atoms with van der Waals surface area (Å²) < 4.78 is 47.2. The quantitative estimate of drug-likeness (QED) is 0.413. The fraction of sp³-hybridized carbons (Fsp3) is 0.429. The summed E-state index contributed by atoms with van der Waals surface area (Å²) in [6, 6.07) is 4.51. The Kier molecular flexibility index (Phi) is 6.68. The summed E-state index contributed by atoms with van der Waals surface area (Å²) in [6.45, 7) is 0.164. The highest BCUT2D eigenvalue weighted by Crippen LogP contribution is 2.31. The van der Waals surface area contributed by atoms with E-state index in [4.69, 9.17) is 4.74 Å². The zero-order valence-electron chi connectivity index (χ0n) is 11.5. The van der Waals surface area contributed by atoms with Gasteiger partial charge in [-0.3, -0.25) is 4.79 Å². The first-order chi connectivity index (χ1) is 10.3. The first-order valence-corrected chi connectivity index (χ1v) is 6.44. The van der Waals surface area contributed by atoms with Crippen molar-refractivity contribution in [1.82, 2.24) is 0 Å². The van der Waals surface area contributed by atoms with Crippen LogP contribution in [0.25, 0.3) is 0 Å². The molecule has 1 aromatic carbocycles. The summed E-state index contributed by atoms with van der Waals surface area (Å²) in [5, 5.41) is 10.1. The Morgan fingerprint density at radius 3 is 2.45 bits per heavy atom. The van der Waals surface area contributed by atoms with Crippen LogP contribution in [-0.4, -0.2) is 25.2 Å². The predicted octanol–water partition coefficient (Wildman–Crippen LogP) is 1.55. The minimum Gasteiger partial charge on any atom is -0.550 e. The summed E-state index contributed by atoms with van der Waals surface area (Å²) >= 11 is 0. The number of hydrogen-bond donors (Lipinski definition) is 0. The Balaban J connectivity index is 2.23. The molecule has 0 atom stereocenters. The lowest BCUT2D eigenvalue weighted by Gasteiger charge is -2.10. The number of carboxylic acid groups (broad SMARTS) is 1. The maximum atomic E-state index is 12.5. The van der Waals surface area contributed by atoms with Crippen molar-refractivity contribution >= 4 is 11.9 Å². The number of alkyl halides is 3. The van der Waals surface area contributed by atoms with Gasteiger partial charge in [0.25, 0.3) is 0 Å². The van der Waals surface area contributed by atoms with E-state index in [1.165, 1.54) is 12.1 Å². The van der Waals surface area contributed by atoms with Crippen LogP contribution in [0.2, 0.25) is 0 Å². The highest BCUT2D eigenvalue weighted by Gasteiger charge is 2.30. The lowest BCUT2D eigenvalue weighted by atomic mass is 10.2. The topological polar surface area (TPSA) is 75.7 Å². The molecule has 0 aliphatic carbocycles. The van der Waals surface area contributed by atoms with Crippen molar-refractivity contribution in [3.8, 4) is 5.75 Å². The standard InChI is InChI=1S/C14H15F3O5/c15-14(16,17)10-4-3-5-11(8-10)21-6-1-2-7-22-13(20)9-12(18)19/h3-5,8H,1-2,6-7,9H2,(H,18,19)/p-1. The number of unbranched alkanes of at least 4 members (excludes halogenated alkanes) is 1. The zero-order valence-corrected chi connectivity index (χ0v) is 11.5. The van der Waals surface area contributed by atoms with Gasteiger partial charge in [0.05, 0.1) is 31.2 Å². The van der Waals surface area contributed by atoms with Crippen molar-refractivity contribution in [2.45, 2.75) is 25.4 Å². The predicted molar refractivity (Wildman–Crippen MR) is 66.8 cm³/mol. The van der Waals surface area contributed by atoms with Crippen LogP contribution >= 0.6 is 0 Å². The number of rotatable bonds is 8. The normalized spacial score (nSPS) is 11.0. The number of esters is 1. The number of hydrogen-bond acceptors (Lipinski definition) is 5. The van der Waals surface area contributed by atoms with Gasteiger partial charge in [0.15, 0.2) is 0 Å². The summed E-state index contributed by atoms with van der Waals surface area (Å²) in [4.78, 5) is 20.9. The van der Waals surface area contributed by atoms with Crippen LogP contribution in [0.4, 0.5) is 13.2 Å². The van der Waals surface area contributed by atoms with Crippen molar-refractivity contribution in [2.24, 2.45) is 0 Å². The van der Waals surface area contributed by atoms with Gasteiger partial charge in [-0.25, -0.2) is 0 Å². The van der Waals surface area contributed by atoms with E-state index in [1.54, 1.807) is 0 Å². The molecule has 0 radical (unpaired) electrons. The van der Waals surface area contributed by atoms with Gasteiger partial charge in [0.2, 0.25) is 0 Å². The second-order valence-corrected chi connectivity index (χ2v) is 4.35. The molecule has 0 aromatic heterocycles. The van der Waals surface area contributed by atoms with Crippen LogP contribution in [0.5, 0.6) is 5.75 Å². The largest absolute Gasteiger partial charge is 0.550 e. The van der Waals surface area contributed by atoms with E-state index in [0.717, 1.165) is 12.1 Å². The number of halogens is 3. The molecule has 0 bridgehead atoms. The summed E-state index contributed by atoms with van der Waals surface area (Å²) in [7, 11) is 0. The molecule has 0 amide bonds. The monoisotopic (exact) mass is 319 g/mol. The summed E-state index contributed by atoms with van der Waals surface area (Å²) in [6.07, 6.45) is -4.39. The van der Waals surface area contributed by atoms with Crippen LogP contribution in [0, 0.1) is 0 Å². The van der Waals surface area contributed by atoms with Crippen molar-refractivity contribution in [2.75, 3.05) is 13.2 Å². The third-order valence-corrected chi connectivity index (χ3v) is 2.52. The maximum Gasteiger partial charge on any atom is 0.416 e. The van der Waals surface area contributed by atoms with Gasteiger partial charge < -0.3 is 19.4 Å². The highest BCUT2D eigenvalue weighted by atomic mass is 19.4. The molecule has 0 spiro atoms. The Bertz CT molecular complexity index is 513. The molecule has 1 aromatic rings. The minimum absolute atomic E-state index is 0.0120. The van der Waals surface area contributed by atoms with Crippen molar-refractivity contribution < 1.29 is 37.3 Å². The molecule has 0 N–H and O–H groups in total. The van der Waals surface area contributed by atoms with Gasteiger partial charge in [0, 0.05) is 0 Å². The molecule has 0 heterocycles. The second kappa shape index (κ2) is 8.26. The number of ether oxygens (including phenoxy) is 2. The average molecular weight is 319 g/mol. The summed E-state index contributed by atoms with van der Waals surface area (Å²) in [5.74, 6) is -2.31. The number of carboxylic acids is 1. The molecule has 0 unspecified atom stereocenters. The second-order valence-electron chi connectivity index (χ2n) is 4.35. The molecule has 0 aliphatic heterocycles. The fourth-order valence-corrected chi connectivity index (χ4v) is 1.51. The van der Waals surface area contributed by atoms with Crippen molar-refractivity contribution in [3.05, 3.63) is 29.8 Å². The Hall–Kier alpha value is -2.25. The number of benzene rings is 1. The van der Waals surface area contributed by atoms with Gasteiger partial charge in [-0.05, 0) is 31.0 Å². The average Bonchev–Trinajstić information content (AvgIpc) is 2.41. The Labute approximate surface area is 124 Å². The molecule has 0 saturated carbocycles. The number of carbonyl (C=O) groups is 2. The third-order valence-electron chi connectivity index (χ3n) is 2.52. The molecule has 8 heteroatoms. The molecule has 0 aliphatic rings. The maximum absolute atomic E-state index is 12.5. The molecule has 0 saturated heterocycles. The van der Waals surface area contributed by atoms with E-state index >= 15 is 0 Å². The molecular formula is C14H14F3O5-. The molecule has 0 fully saturated rings. The van der Waals surface area contributed by atoms with Gasteiger partial charge in [0.1, 0.15) is 5.75 Å². The molecule has 122 valence electrons.